The summed E-state index contributed by atoms with van der Waals surface area (Å²) in [6.07, 6.45) is 4.55. The predicted octanol–water partition coefficient (Wildman–Crippen LogP) is 3.60. The van der Waals surface area contributed by atoms with Crippen molar-refractivity contribution >= 4 is 12.1 Å². The molecule has 2 aromatic rings. The fourth-order valence-electron chi connectivity index (χ4n) is 4.80. The Morgan fingerprint density at radius 3 is 2.82 bits per heavy atom. The van der Waals surface area contributed by atoms with Crippen molar-refractivity contribution in [2.24, 2.45) is 13.0 Å². The van der Waals surface area contributed by atoms with Crippen LogP contribution < -0.4 is 4.74 Å². The van der Waals surface area contributed by atoms with E-state index in [1.54, 1.807) is 42.0 Å². The van der Waals surface area contributed by atoms with Gasteiger partial charge in [-0.15, -0.1) is 0 Å². The van der Waals surface area contributed by atoms with Gasteiger partial charge in [0.25, 0.3) is 0 Å². The molecular formula is C27H35N5O6. The Labute approximate surface area is 222 Å². The fraction of sp³-hybridized carbons (Fsp3) is 0.593. The molecule has 11 nitrogen and oxygen atoms in total. The largest absolute Gasteiger partial charge is 0.487 e. The summed E-state index contributed by atoms with van der Waals surface area (Å²) < 4.78 is 24.1. The van der Waals surface area contributed by atoms with Crippen LogP contribution in [0.2, 0.25) is 0 Å². The molecule has 1 aliphatic heterocycles. The summed E-state index contributed by atoms with van der Waals surface area (Å²) in [5, 5.41) is 14.1. The maximum Gasteiger partial charge on any atom is 0.410 e. The van der Waals surface area contributed by atoms with E-state index in [9.17, 15) is 14.9 Å². The van der Waals surface area contributed by atoms with Crippen molar-refractivity contribution in [2.45, 2.75) is 70.8 Å². The monoisotopic (exact) mass is 525 g/mol. The number of hydrogen-bond acceptors (Lipinski definition) is 9. The van der Waals surface area contributed by atoms with Crippen LogP contribution >= 0.6 is 0 Å². The van der Waals surface area contributed by atoms with Crippen molar-refractivity contribution in [1.82, 2.24) is 19.7 Å². The number of esters is 1. The number of hydrogen-bond donors (Lipinski definition) is 0. The Kier molecular flexibility index (Phi) is 8.84. The summed E-state index contributed by atoms with van der Waals surface area (Å²) >= 11 is 0. The molecule has 1 saturated carbocycles. The highest BCUT2D eigenvalue weighted by Gasteiger charge is 2.31. The van der Waals surface area contributed by atoms with E-state index in [2.05, 4.69) is 16.2 Å². The zero-order chi connectivity index (χ0) is 27.2. The number of rotatable bonds is 8. The van der Waals surface area contributed by atoms with Gasteiger partial charge in [0.1, 0.15) is 12.7 Å². The Morgan fingerprint density at radius 1 is 1.29 bits per heavy atom. The second-order valence-corrected chi connectivity index (χ2v) is 10.1. The molecule has 3 atom stereocenters. The molecule has 3 heterocycles. The number of carbonyl (C=O) groups is 2. The molecule has 204 valence electrons. The van der Waals surface area contributed by atoms with E-state index in [0.717, 1.165) is 25.7 Å². The maximum absolute atomic E-state index is 12.6. The van der Waals surface area contributed by atoms with Gasteiger partial charge in [-0.25, -0.2) is 9.78 Å². The lowest BCUT2D eigenvalue weighted by Crippen LogP contribution is -2.37. The number of amides is 1. The molecule has 38 heavy (non-hydrogen) atoms. The number of ether oxygens (including phenoxy) is 4. The molecule has 2 aliphatic rings. The number of aryl methyl sites for hydroxylation is 1. The SMILES string of the molecule is CC(C)OC(=O)[C@H]1CCC[C@H](Oc2ccc(-c3cnn(C)c3COC(=O)N(C)C3CCOC3)nc2C#N)C1. The lowest BCUT2D eigenvalue weighted by atomic mass is 9.87. The third-order valence-corrected chi connectivity index (χ3v) is 6.98. The Morgan fingerprint density at radius 2 is 2.11 bits per heavy atom. The number of nitriles is 1. The molecule has 1 unspecified atom stereocenters. The molecular weight excluding hydrogens is 490 g/mol. The van der Waals surface area contributed by atoms with Crippen LogP contribution in [0.1, 0.15) is 57.3 Å². The van der Waals surface area contributed by atoms with Gasteiger partial charge < -0.3 is 23.8 Å². The van der Waals surface area contributed by atoms with E-state index in [1.807, 2.05) is 13.8 Å². The highest BCUT2D eigenvalue weighted by atomic mass is 16.6. The van der Waals surface area contributed by atoms with E-state index in [1.165, 1.54) is 0 Å². The zero-order valence-corrected chi connectivity index (χ0v) is 22.4. The molecule has 1 aliphatic carbocycles. The minimum absolute atomic E-state index is 0.000339. The molecule has 1 amide bonds. The number of carbonyl (C=O) groups excluding carboxylic acids is 2. The van der Waals surface area contributed by atoms with Gasteiger partial charge in [-0.05, 0) is 58.1 Å². The molecule has 4 rings (SSSR count). The first kappa shape index (κ1) is 27.4. The van der Waals surface area contributed by atoms with Gasteiger partial charge in [0.15, 0.2) is 11.4 Å². The first-order chi connectivity index (χ1) is 18.3. The van der Waals surface area contributed by atoms with Crippen LogP contribution in [-0.2, 0) is 32.7 Å². The number of nitrogens with zero attached hydrogens (tertiary/aromatic N) is 5. The van der Waals surface area contributed by atoms with Gasteiger partial charge >= 0.3 is 12.1 Å². The van der Waals surface area contributed by atoms with E-state index in [0.29, 0.717) is 42.3 Å². The quantitative estimate of drug-likeness (QED) is 0.475. The summed E-state index contributed by atoms with van der Waals surface area (Å²) in [4.78, 5) is 31.0. The van der Waals surface area contributed by atoms with Gasteiger partial charge in [0.05, 0.1) is 48.4 Å². The second-order valence-electron chi connectivity index (χ2n) is 10.1. The first-order valence-corrected chi connectivity index (χ1v) is 13.0. The van der Waals surface area contributed by atoms with Crippen molar-refractivity contribution < 1.29 is 28.5 Å². The smallest absolute Gasteiger partial charge is 0.410 e. The zero-order valence-electron chi connectivity index (χ0n) is 22.4. The minimum atomic E-state index is -0.440. The van der Waals surface area contributed by atoms with Crippen molar-refractivity contribution in [3.63, 3.8) is 0 Å². The van der Waals surface area contributed by atoms with E-state index in [-0.39, 0.29) is 42.4 Å². The van der Waals surface area contributed by atoms with Crippen LogP contribution in [0.15, 0.2) is 18.3 Å². The van der Waals surface area contributed by atoms with Crippen molar-refractivity contribution in [1.29, 1.82) is 5.26 Å². The molecule has 0 bridgehead atoms. The van der Waals surface area contributed by atoms with Crippen LogP contribution in [0.4, 0.5) is 4.79 Å². The van der Waals surface area contributed by atoms with Gasteiger partial charge in [-0.3, -0.25) is 9.48 Å². The molecule has 0 radical (unpaired) electrons. The molecule has 0 N–H and O–H groups in total. The molecule has 2 aromatic heterocycles. The van der Waals surface area contributed by atoms with Gasteiger partial charge in [0, 0.05) is 26.3 Å². The lowest BCUT2D eigenvalue weighted by Gasteiger charge is -2.29. The topological polar surface area (TPSA) is 129 Å². The Bertz CT molecular complexity index is 1180. The number of aromatic nitrogens is 3. The number of likely N-dealkylation sites (N-methyl/N-ethyl adjacent to an activating group) is 1. The molecule has 1 saturated heterocycles. The number of pyridine rings is 1. The summed E-state index contributed by atoms with van der Waals surface area (Å²) in [6, 6.07) is 5.59. The minimum Gasteiger partial charge on any atom is -0.487 e. The van der Waals surface area contributed by atoms with E-state index >= 15 is 0 Å². The maximum atomic E-state index is 12.6. The molecule has 2 fully saturated rings. The van der Waals surface area contributed by atoms with Crippen LogP contribution in [0.25, 0.3) is 11.3 Å². The van der Waals surface area contributed by atoms with Crippen molar-refractivity contribution in [3.8, 4) is 23.1 Å². The third kappa shape index (κ3) is 6.42. The van der Waals surface area contributed by atoms with Gasteiger partial charge in [0.2, 0.25) is 0 Å². The van der Waals surface area contributed by atoms with Crippen LogP contribution in [0.3, 0.4) is 0 Å². The average molecular weight is 526 g/mol. The van der Waals surface area contributed by atoms with Crippen LogP contribution in [-0.4, -0.2) is 70.2 Å². The van der Waals surface area contributed by atoms with Crippen molar-refractivity contribution in [2.75, 3.05) is 20.3 Å². The molecule has 0 spiro atoms. The van der Waals surface area contributed by atoms with Crippen molar-refractivity contribution in [3.05, 3.63) is 29.7 Å². The second kappa shape index (κ2) is 12.3. The summed E-state index contributed by atoms with van der Waals surface area (Å²) in [5.41, 5.74) is 1.97. The third-order valence-electron chi connectivity index (χ3n) is 6.98. The first-order valence-electron chi connectivity index (χ1n) is 13.0. The molecule has 0 aromatic carbocycles. The normalized spacial score (nSPS) is 21.1. The summed E-state index contributed by atoms with van der Waals surface area (Å²) in [7, 11) is 3.46. The van der Waals surface area contributed by atoms with E-state index < -0.39 is 6.09 Å². The highest BCUT2D eigenvalue weighted by Crippen LogP contribution is 2.32. The van der Waals surface area contributed by atoms with E-state index in [4.69, 9.17) is 18.9 Å². The summed E-state index contributed by atoms with van der Waals surface area (Å²) in [5.74, 6) is -0.0407. The standard InChI is InChI=1S/C27H35N5O6/c1-17(2)37-26(33)18-6-5-7-20(12-18)38-25-9-8-22(30-23(25)13-28)21-14-29-32(4)24(21)16-36-27(34)31(3)19-10-11-35-15-19/h8-9,14,17-20H,5-7,10-12,15-16H2,1-4H3/t18-,19?,20-/m0/s1. The average Bonchev–Trinajstić information content (AvgIpc) is 3.57. The Balaban J connectivity index is 1.44. The fourth-order valence-corrected chi connectivity index (χ4v) is 4.80. The Hall–Kier alpha value is -3.65. The summed E-state index contributed by atoms with van der Waals surface area (Å²) in [6.45, 7) is 4.81. The van der Waals surface area contributed by atoms with Gasteiger partial charge in [-0.2, -0.15) is 10.4 Å². The van der Waals surface area contributed by atoms with Crippen LogP contribution in [0.5, 0.6) is 5.75 Å². The lowest BCUT2D eigenvalue weighted by molar-refractivity contribution is -0.154. The molecule has 11 heteroatoms. The van der Waals surface area contributed by atoms with Crippen LogP contribution in [0, 0.1) is 17.2 Å². The highest BCUT2D eigenvalue weighted by molar-refractivity contribution is 5.72. The van der Waals surface area contributed by atoms with Gasteiger partial charge in [-0.1, -0.05) is 0 Å². The predicted molar refractivity (Wildman–Crippen MR) is 136 cm³/mol.